The highest BCUT2D eigenvalue weighted by Crippen LogP contribution is 2.38. The van der Waals surface area contributed by atoms with Gasteiger partial charge in [-0.15, -0.1) is 11.8 Å². The first-order chi connectivity index (χ1) is 10.8. The van der Waals surface area contributed by atoms with Crippen molar-refractivity contribution in [3.63, 3.8) is 0 Å². The van der Waals surface area contributed by atoms with E-state index in [9.17, 15) is 4.79 Å². The van der Waals surface area contributed by atoms with Crippen LogP contribution in [0.5, 0.6) is 0 Å². The zero-order valence-electron chi connectivity index (χ0n) is 12.4. The third kappa shape index (κ3) is 2.54. The maximum Gasteiger partial charge on any atom is 0.236 e. The molecule has 2 aliphatic rings. The third-order valence-electron chi connectivity index (χ3n) is 4.62. The molecule has 0 aliphatic carbocycles. The number of benzene rings is 1. The molecule has 1 aromatic heterocycles. The Morgan fingerprint density at radius 3 is 3.05 bits per heavy atom. The lowest BCUT2D eigenvalue weighted by atomic mass is 9.94. The molecule has 2 aliphatic heterocycles. The van der Waals surface area contributed by atoms with Gasteiger partial charge in [0.1, 0.15) is 0 Å². The number of piperidine rings is 1. The Kier molecular flexibility index (Phi) is 3.66. The highest BCUT2D eigenvalue weighted by Gasteiger charge is 2.34. The van der Waals surface area contributed by atoms with Gasteiger partial charge in [0.05, 0.1) is 5.25 Å². The molecule has 1 N–H and O–H groups in total. The number of carbonyl (C=O) groups is 1. The average molecular weight is 313 g/mol. The molecule has 0 saturated carbocycles. The fourth-order valence-corrected chi connectivity index (χ4v) is 4.73. The normalized spacial score (nSPS) is 24.3. The van der Waals surface area contributed by atoms with Crippen LogP contribution in [0.1, 0.15) is 30.0 Å². The molecule has 1 amide bonds. The number of hydrogen-bond acceptors (Lipinski definition) is 3. The van der Waals surface area contributed by atoms with E-state index in [0.29, 0.717) is 11.8 Å². The molecule has 2 aromatic rings. The zero-order valence-corrected chi connectivity index (χ0v) is 13.2. The maximum absolute atomic E-state index is 12.9. The first-order valence-electron chi connectivity index (χ1n) is 7.84. The number of fused-ring (bicyclic) bond motifs is 1. The van der Waals surface area contributed by atoms with Gasteiger partial charge in [0, 0.05) is 35.8 Å². The molecule has 3 heterocycles. The molecule has 4 rings (SSSR count). The number of rotatable bonds is 2. The Labute approximate surface area is 134 Å². The van der Waals surface area contributed by atoms with Crippen LogP contribution in [0.4, 0.5) is 0 Å². The van der Waals surface area contributed by atoms with Gasteiger partial charge in [-0.25, -0.2) is 0 Å². The number of nitrogens with zero attached hydrogens (tertiary/aromatic N) is 2. The van der Waals surface area contributed by atoms with E-state index in [-0.39, 0.29) is 5.25 Å². The number of aromatic nitrogens is 2. The molecule has 0 bridgehead atoms. The molecule has 5 heteroatoms. The van der Waals surface area contributed by atoms with E-state index >= 15 is 0 Å². The highest BCUT2D eigenvalue weighted by atomic mass is 32.2. The van der Waals surface area contributed by atoms with Gasteiger partial charge in [-0.3, -0.25) is 9.89 Å². The summed E-state index contributed by atoms with van der Waals surface area (Å²) in [7, 11) is 0. The van der Waals surface area contributed by atoms with Gasteiger partial charge in [-0.2, -0.15) is 5.10 Å². The van der Waals surface area contributed by atoms with Crippen molar-refractivity contribution in [2.75, 3.05) is 13.1 Å². The van der Waals surface area contributed by atoms with Crippen LogP contribution in [0, 0.1) is 0 Å². The molecular weight excluding hydrogens is 294 g/mol. The van der Waals surface area contributed by atoms with Gasteiger partial charge >= 0.3 is 0 Å². The molecule has 1 fully saturated rings. The molecule has 114 valence electrons. The standard InChI is InChI=1S/C17H19N3OS/c21-17(16-10-12-4-1-2-6-15(12)22-16)20-9-3-5-13(11-20)14-7-8-18-19-14/h1-2,4,6-8,13,16H,3,5,9-11H2,(H,18,19). The van der Waals surface area contributed by atoms with Crippen LogP contribution >= 0.6 is 11.8 Å². The zero-order chi connectivity index (χ0) is 14.9. The van der Waals surface area contributed by atoms with Crippen molar-refractivity contribution >= 4 is 17.7 Å². The van der Waals surface area contributed by atoms with Crippen LogP contribution in [-0.4, -0.2) is 39.3 Å². The minimum atomic E-state index is 0.0536. The van der Waals surface area contributed by atoms with E-state index in [1.807, 2.05) is 12.1 Å². The summed E-state index contributed by atoms with van der Waals surface area (Å²) in [6, 6.07) is 10.4. The van der Waals surface area contributed by atoms with Gasteiger partial charge in [0.2, 0.25) is 5.91 Å². The Morgan fingerprint density at radius 1 is 1.32 bits per heavy atom. The van der Waals surface area contributed by atoms with Crippen LogP contribution in [0.3, 0.4) is 0 Å². The molecule has 4 nitrogen and oxygen atoms in total. The highest BCUT2D eigenvalue weighted by molar-refractivity contribution is 8.01. The summed E-state index contributed by atoms with van der Waals surface area (Å²) in [5.41, 5.74) is 2.47. The summed E-state index contributed by atoms with van der Waals surface area (Å²) in [6.07, 6.45) is 4.86. The van der Waals surface area contributed by atoms with Crippen LogP contribution < -0.4 is 0 Å². The lowest BCUT2D eigenvalue weighted by molar-refractivity contribution is -0.131. The van der Waals surface area contributed by atoms with Gasteiger partial charge in [-0.05, 0) is 37.0 Å². The summed E-state index contributed by atoms with van der Waals surface area (Å²) in [5.74, 6) is 0.694. The molecule has 1 aromatic carbocycles. The molecular formula is C17H19N3OS. The van der Waals surface area contributed by atoms with Crippen LogP contribution in [0.2, 0.25) is 0 Å². The van der Waals surface area contributed by atoms with Crippen molar-refractivity contribution in [1.82, 2.24) is 15.1 Å². The first-order valence-corrected chi connectivity index (χ1v) is 8.72. The third-order valence-corrected chi connectivity index (χ3v) is 5.92. The molecule has 0 spiro atoms. The van der Waals surface area contributed by atoms with E-state index in [4.69, 9.17) is 0 Å². The first kappa shape index (κ1) is 13.9. The number of thioether (sulfide) groups is 1. The van der Waals surface area contributed by atoms with Crippen molar-refractivity contribution in [3.8, 4) is 0 Å². The number of amides is 1. The number of nitrogens with one attached hydrogen (secondary N) is 1. The Hall–Kier alpha value is -1.75. The molecule has 2 atom stereocenters. The number of carbonyl (C=O) groups excluding carboxylic acids is 1. The van der Waals surface area contributed by atoms with Gasteiger partial charge in [-0.1, -0.05) is 18.2 Å². The predicted molar refractivity (Wildman–Crippen MR) is 86.9 cm³/mol. The number of likely N-dealkylation sites (tertiary alicyclic amines) is 1. The Balaban J connectivity index is 1.45. The van der Waals surface area contributed by atoms with Crippen molar-refractivity contribution in [2.45, 2.75) is 35.3 Å². The summed E-state index contributed by atoms with van der Waals surface area (Å²) in [5, 5.41) is 7.15. The second-order valence-electron chi connectivity index (χ2n) is 6.05. The van der Waals surface area contributed by atoms with E-state index in [0.717, 1.165) is 38.0 Å². The summed E-state index contributed by atoms with van der Waals surface area (Å²) in [4.78, 5) is 16.2. The van der Waals surface area contributed by atoms with Crippen LogP contribution in [0.25, 0.3) is 0 Å². The summed E-state index contributed by atoms with van der Waals surface area (Å²) >= 11 is 1.73. The van der Waals surface area contributed by atoms with Gasteiger partial charge < -0.3 is 4.90 Å². The second-order valence-corrected chi connectivity index (χ2v) is 7.30. The average Bonchev–Trinajstić information content (AvgIpc) is 3.23. The second kappa shape index (κ2) is 5.80. The van der Waals surface area contributed by atoms with E-state index in [1.54, 1.807) is 18.0 Å². The van der Waals surface area contributed by atoms with Crippen molar-refractivity contribution in [1.29, 1.82) is 0 Å². The summed E-state index contributed by atoms with van der Waals surface area (Å²) in [6.45, 7) is 1.70. The van der Waals surface area contributed by atoms with Gasteiger partial charge in [0.25, 0.3) is 0 Å². The van der Waals surface area contributed by atoms with Crippen LogP contribution in [-0.2, 0) is 11.2 Å². The molecule has 22 heavy (non-hydrogen) atoms. The van der Waals surface area contributed by atoms with E-state index in [1.165, 1.54) is 10.5 Å². The lowest BCUT2D eigenvalue weighted by Gasteiger charge is -2.33. The number of aromatic amines is 1. The van der Waals surface area contributed by atoms with Crippen molar-refractivity contribution < 1.29 is 4.79 Å². The smallest absolute Gasteiger partial charge is 0.236 e. The van der Waals surface area contributed by atoms with Crippen molar-refractivity contribution in [2.24, 2.45) is 0 Å². The van der Waals surface area contributed by atoms with Gasteiger partial charge in [0.15, 0.2) is 0 Å². The van der Waals surface area contributed by atoms with E-state index in [2.05, 4.69) is 33.3 Å². The Bertz CT molecular complexity index is 645. The molecule has 0 radical (unpaired) electrons. The number of hydrogen-bond donors (Lipinski definition) is 1. The minimum Gasteiger partial charge on any atom is -0.341 e. The SMILES string of the molecule is O=C(C1Cc2ccccc2S1)N1CCCC(c2ccn[nH]2)C1. The predicted octanol–water partition coefficient (Wildman–Crippen LogP) is 2.83. The summed E-state index contributed by atoms with van der Waals surface area (Å²) < 4.78 is 0. The topological polar surface area (TPSA) is 49.0 Å². The largest absolute Gasteiger partial charge is 0.341 e. The quantitative estimate of drug-likeness (QED) is 0.927. The van der Waals surface area contributed by atoms with E-state index < -0.39 is 0 Å². The fourth-order valence-electron chi connectivity index (χ4n) is 3.45. The maximum atomic E-state index is 12.9. The lowest BCUT2D eigenvalue weighted by Crippen LogP contribution is -2.43. The molecule has 2 unspecified atom stereocenters. The monoisotopic (exact) mass is 313 g/mol. The van der Waals surface area contributed by atoms with Crippen LogP contribution in [0.15, 0.2) is 41.4 Å². The fraction of sp³-hybridized carbons (Fsp3) is 0.412. The molecule has 1 saturated heterocycles. The minimum absolute atomic E-state index is 0.0536. The number of H-pyrrole nitrogens is 1. The Morgan fingerprint density at radius 2 is 2.23 bits per heavy atom. The van der Waals surface area contributed by atoms with Crippen molar-refractivity contribution in [3.05, 3.63) is 47.8 Å².